The average Bonchev–Trinajstić information content (AvgIpc) is 3.33. The quantitative estimate of drug-likeness (QED) is 0.504. The van der Waals surface area contributed by atoms with Gasteiger partial charge in [-0.3, -0.25) is 9.36 Å². The molecule has 2 aliphatic carbocycles. The normalized spacial score (nSPS) is 26.8. The molecule has 1 amide bonds. The van der Waals surface area contributed by atoms with Gasteiger partial charge in [-0.05, 0) is 57.3 Å². The molecule has 0 radical (unpaired) electrons. The number of carbonyl (C=O) groups excluding carboxylic acids is 1. The van der Waals surface area contributed by atoms with Gasteiger partial charge in [0.2, 0.25) is 5.91 Å². The maximum atomic E-state index is 12.6. The van der Waals surface area contributed by atoms with Gasteiger partial charge in [0.25, 0.3) is 0 Å². The van der Waals surface area contributed by atoms with Crippen molar-refractivity contribution in [2.75, 3.05) is 13.7 Å². The lowest BCUT2D eigenvalue weighted by molar-refractivity contribution is -0.121. The molecular weight excluding hydrogens is 352 g/mol. The molecule has 5 unspecified atom stereocenters. The van der Waals surface area contributed by atoms with Crippen molar-refractivity contribution in [3.05, 3.63) is 10.5 Å². The third-order valence-electron chi connectivity index (χ3n) is 5.91. The zero-order valence-electron chi connectivity index (χ0n) is 15.9. The lowest BCUT2D eigenvalue weighted by Gasteiger charge is -2.29. The number of carbonyl (C=O) groups is 1. The van der Waals surface area contributed by atoms with Crippen molar-refractivity contribution >= 4 is 17.7 Å². The van der Waals surface area contributed by atoms with Gasteiger partial charge in [-0.2, -0.15) is 0 Å². The number of hydrogen-bond donors (Lipinski definition) is 2. The molecule has 2 bridgehead atoms. The second-order valence-corrected chi connectivity index (χ2v) is 9.01. The van der Waals surface area contributed by atoms with Gasteiger partial charge in [0.05, 0.1) is 5.25 Å². The number of thioether (sulfide) groups is 1. The van der Waals surface area contributed by atoms with E-state index in [2.05, 4.69) is 22.4 Å². The Morgan fingerprint density at radius 3 is 2.88 bits per heavy atom. The lowest BCUT2D eigenvalue weighted by Crippen LogP contribution is -2.43. The Kier molecular flexibility index (Phi) is 6.45. The molecular formula is C18H30N4O3S. The number of fused-ring (bicyclic) bond motifs is 2. The van der Waals surface area contributed by atoms with E-state index in [0.29, 0.717) is 24.2 Å². The maximum Gasteiger partial charge on any atom is 0.343 e. The lowest BCUT2D eigenvalue weighted by atomic mass is 9.84. The molecule has 2 N–H and O–H groups in total. The van der Waals surface area contributed by atoms with Crippen LogP contribution in [0.3, 0.4) is 0 Å². The van der Waals surface area contributed by atoms with E-state index in [9.17, 15) is 9.59 Å². The summed E-state index contributed by atoms with van der Waals surface area (Å²) in [5.41, 5.74) is -0.244. The van der Waals surface area contributed by atoms with Crippen LogP contribution in [0.5, 0.6) is 0 Å². The third-order valence-corrected chi connectivity index (χ3v) is 7.00. The Balaban J connectivity index is 1.53. The minimum atomic E-state index is -0.299. The number of nitrogens with one attached hydrogen (secondary N) is 2. The average molecular weight is 383 g/mol. The number of nitrogens with zero attached hydrogens (tertiary/aromatic N) is 2. The Labute approximate surface area is 158 Å². The summed E-state index contributed by atoms with van der Waals surface area (Å²) in [7, 11) is 1.64. The number of aromatic nitrogens is 3. The molecule has 0 saturated heterocycles. The van der Waals surface area contributed by atoms with E-state index < -0.39 is 0 Å². The first-order valence-electron chi connectivity index (χ1n) is 9.60. The highest BCUT2D eigenvalue weighted by atomic mass is 32.2. The Morgan fingerprint density at radius 2 is 2.23 bits per heavy atom. The van der Waals surface area contributed by atoms with Crippen molar-refractivity contribution in [2.45, 2.75) is 68.9 Å². The van der Waals surface area contributed by atoms with Crippen LogP contribution >= 0.6 is 11.8 Å². The van der Waals surface area contributed by atoms with Crippen molar-refractivity contribution in [3.8, 4) is 0 Å². The fourth-order valence-electron chi connectivity index (χ4n) is 4.52. The molecule has 0 aliphatic heterocycles. The molecule has 1 heterocycles. The van der Waals surface area contributed by atoms with E-state index >= 15 is 0 Å². The number of H-pyrrole nitrogens is 1. The first-order valence-corrected chi connectivity index (χ1v) is 10.5. The molecule has 7 nitrogen and oxygen atoms in total. The summed E-state index contributed by atoms with van der Waals surface area (Å²) in [5, 5.41) is 10.0. The van der Waals surface area contributed by atoms with Gasteiger partial charge < -0.3 is 10.1 Å². The van der Waals surface area contributed by atoms with Gasteiger partial charge >= 0.3 is 5.69 Å². The highest BCUT2D eigenvalue weighted by molar-refractivity contribution is 8.00. The Hall–Kier alpha value is -1.28. The second kappa shape index (κ2) is 8.61. The summed E-state index contributed by atoms with van der Waals surface area (Å²) in [4.78, 5) is 24.5. The fourth-order valence-corrected chi connectivity index (χ4v) is 5.42. The summed E-state index contributed by atoms with van der Waals surface area (Å²) < 4.78 is 6.61. The number of hydrogen-bond acceptors (Lipinski definition) is 5. The van der Waals surface area contributed by atoms with Crippen LogP contribution in [0, 0.1) is 17.8 Å². The minimum Gasteiger partial charge on any atom is -0.385 e. The number of aromatic amines is 1. The van der Waals surface area contributed by atoms with Gasteiger partial charge in [0, 0.05) is 26.3 Å². The van der Waals surface area contributed by atoms with E-state index in [-0.39, 0.29) is 22.9 Å². The van der Waals surface area contributed by atoms with Crippen LogP contribution in [0.2, 0.25) is 0 Å². The van der Waals surface area contributed by atoms with E-state index in [0.717, 1.165) is 18.3 Å². The summed E-state index contributed by atoms with van der Waals surface area (Å²) in [6.45, 7) is 5.11. The summed E-state index contributed by atoms with van der Waals surface area (Å²) >= 11 is 1.32. The van der Waals surface area contributed by atoms with Crippen molar-refractivity contribution in [2.24, 2.45) is 17.8 Å². The number of methoxy groups -OCH3 is 1. The highest BCUT2D eigenvalue weighted by Crippen LogP contribution is 2.49. The van der Waals surface area contributed by atoms with Crippen LogP contribution in [-0.4, -0.2) is 45.7 Å². The van der Waals surface area contributed by atoms with Crippen LogP contribution in [0.15, 0.2) is 9.95 Å². The summed E-state index contributed by atoms with van der Waals surface area (Å²) in [6, 6.07) is 0.212. The van der Waals surface area contributed by atoms with Crippen LogP contribution < -0.4 is 11.0 Å². The van der Waals surface area contributed by atoms with Crippen LogP contribution in [0.25, 0.3) is 0 Å². The summed E-state index contributed by atoms with van der Waals surface area (Å²) in [6.07, 6.45) is 6.02. The predicted octanol–water partition coefficient (Wildman–Crippen LogP) is 2.03. The topological polar surface area (TPSA) is 89.0 Å². The number of amides is 1. The third kappa shape index (κ3) is 4.34. The zero-order valence-corrected chi connectivity index (χ0v) is 16.7. The standard InChI is InChI=1S/C18H30N4O3S/c1-11(15-10-13-5-6-14(15)9-13)19-16(23)12(2)26-18-21-20-17(24)22(18)7-4-8-25-3/h11-15H,4-10H2,1-3H3,(H,19,23)(H,20,24). The fraction of sp³-hybridized carbons (Fsp3) is 0.833. The first kappa shape index (κ1) is 19.5. The molecule has 0 aromatic carbocycles. The highest BCUT2D eigenvalue weighted by Gasteiger charge is 2.42. The van der Waals surface area contributed by atoms with E-state index in [1.54, 1.807) is 11.7 Å². The van der Waals surface area contributed by atoms with Gasteiger partial charge in [-0.1, -0.05) is 18.2 Å². The van der Waals surface area contributed by atoms with Crippen LogP contribution in [0.1, 0.15) is 46.0 Å². The molecule has 0 spiro atoms. The van der Waals surface area contributed by atoms with E-state index in [1.807, 2.05) is 6.92 Å². The molecule has 1 aromatic heterocycles. The zero-order chi connectivity index (χ0) is 18.7. The molecule has 26 heavy (non-hydrogen) atoms. The van der Waals surface area contributed by atoms with E-state index in [1.165, 1.54) is 37.4 Å². The predicted molar refractivity (Wildman–Crippen MR) is 101 cm³/mol. The van der Waals surface area contributed by atoms with Crippen LogP contribution in [0.4, 0.5) is 0 Å². The summed E-state index contributed by atoms with van der Waals surface area (Å²) in [5.74, 6) is 2.30. The van der Waals surface area contributed by atoms with Gasteiger partial charge in [0.15, 0.2) is 5.16 Å². The molecule has 3 rings (SSSR count). The van der Waals surface area contributed by atoms with E-state index in [4.69, 9.17) is 4.74 Å². The van der Waals surface area contributed by atoms with Crippen LogP contribution in [-0.2, 0) is 16.1 Å². The van der Waals surface area contributed by atoms with Gasteiger partial charge in [-0.15, -0.1) is 5.10 Å². The largest absolute Gasteiger partial charge is 0.385 e. The smallest absolute Gasteiger partial charge is 0.343 e. The van der Waals surface area contributed by atoms with Gasteiger partial charge in [-0.25, -0.2) is 9.89 Å². The molecule has 5 atom stereocenters. The monoisotopic (exact) mass is 382 g/mol. The molecule has 8 heteroatoms. The number of rotatable bonds is 9. The first-order chi connectivity index (χ1) is 12.5. The Morgan fingerprint density at radius 1 is 1.42 bits per heavy atom. The van der Waals surface area contributed by atoms with Crippen molar-refractivity contribution < 1.29 is 9.53 Å². The molecule has 2 saturated carbocycles. The molecule has 2 aliphatic rings. The molecule has 2 fully saturated rings. The molecule has 146 valence electrons. The van der Waals surface area contributed by atoms with Gasteiger partial charge in [0.1, 0.15) is 0 Å². The van der Waals surface area contributed by atoms with Crippen molar-refractivity contribution in [1.29, 1.82) is 0 Å². The maximum absolute atomic E-state index is 12.6. The van der Waals surface area contributed by atoms with Crippen molar-refractivity contribution in [1.82, 2.24) is 20.1 Å². The number of ether oxygens (including phenoxy) is 1. The Bertz CT molecular complexity index is 674. The SMILES string of the molecule is COCCCn1c(SC(C)C(=O)NC(C)C2CC3CCC2C3)n[nH]c1=O. The second-order valence-electron chi connectivity index (χ2n) is 7.71. The minimum absolute atomic E-state index is 0.0177. The van der Waals surface area contributed by atoms with Crippen molar-refractivity contribution in [3.63, 3.8) is 0 Å². The molecule has 1 aromatic rings.